The Kier molecular flexibility index (Phi) is 6.30. The molecule has 7 nitrogen and oxygen atoms in total. The molecule has 1 fully saturated rings. The minimum Gasteiger partial charge on any atom is -0.453 e. The van der Waals surface area contributed by atoms with E-state index in [2.05, 4.69) is 15.4 Å². The minimum atomic E-state index is -0.501. The number of thiophene rings is 1. The molecule has 34 heavy (non-hydrogen) atoms. The van der Waals surface area contributed by atoms with Crippen LogP contribution in [-0.2, 0) is 11.8 Å². The molecule has 1 saturated carbocycles. The molecule has 1 aromatic carbocycles. The summed E-state index contributed by atoms with van der Waals surface area (Å²) in [5, 5.41) is 9.06. The van der Waals surface area contributed by atoms with Crippen LogP contribution >= 0.6 is 11.3 Å². The first-order chi connectivity index (χ1) is 16.5. The van der Waals surface area contributed by atoms with E-state index < -0.39 is 5.82 Å². The zero-order valence-corrected chi connectivity index (χ0v) is 19.8. The van der Waals surface area contributed by atoms with Gasteiger partial charge < -0.3 is 14.8 Å². The first kappa shape index (κ1) is 22.5. The number of nitrogens with zero attached hydrogens (tertiary/aromatic N) is 3. The van der Waals surface area contributed by atoms with Crippen LogP contribution in [0.3, 0.4) is 0 Å². The van der Waals surface area contributed by atoms with Gasteiger partial charge >= 0.3 is 0 Å². The third kappa shape index (κ3) is 4.53. The van der Waals surface area contributed by atoms with Crippen LogP contribution in [0.5, 0.6) is 11.5 Å². The molecule has 0 saturated heterocycles. The van der Waals surface area contributed by atoms with Crippen molar-refractivity contribution >= 4 is 27.5 Å². The van der Waals surface area contributed by atoms with E-state index in [4.69, 9.17) is 9.47 Å². The summed E-state index contributed by atoms with van der Waals surface area (Å²) in [5.41, 5.74) is 2.38. The monoisotopic (exact) mass is 480 g/mol. The summed E-state index contributed by atoms with van der Waals surface area (Å²) in [6, 6.07) is 8.12. The Labute approximate surface area is 200 Å². The molecule has 1 amide bonds. The lowest BCUT2D eigenvalue weighted by Gasteiger charge is -2.30. The molecule has 3 heterocycles. The van der Waals surface area contributed by atoms with Crippen molar-refractivity contribution in [1.82, 2.24) is 20.1 Å². The van der Waals surface area contributed by atoms with Crippen molar-refractivity contribution in [2.45, 2.75) is 37.8 Å². The number of hydrogen-bond acceptors (Lipinski definition) is 6. The third-order valence-electron chi connectivity index (χ3n) is 6.12. The number of carbonyl (C=O) groups excluding carboxylic acids is 1. The number of pyridine rings is 1. The largest absolute Gasteiger partial charge is 0.453 e. The van der Waals surface area contributed by atoms with E-state index in [9.17, 15) is 9.18 Å². The molecule has 0 radical (unpaired) electrons. The Hall–Kier alpha value is -3.30. The average Bonchev–Trinajstić information content (AvgIpc) is 3.49. The Morgan fingerprint density at radius 2 is 2.03 bits per heavy atom. The van der Waals surface area contributed by atoms with Crippen LogP contribution in [0, 0.1) is 5.82 Å². The van der Waals surface area contributed by atoms with Crippen molar-refractivity contribution in [3.05, 3.63) is 59.6 Å². The summed E-state index contributed by atoms with van der Waals surface area (Å²) < 4.78 is 28.9. The van der Waals surface area contributed by atoms with Gasteiger partial charge in [-0.25, -0.2) is 9.37 Å². The summed E-state index contributed by atoms with van der Waals surface area (Å²) in [5.74, 6) is -0.324. The lowest BCUT2D eigenvalue weighted by molar-refractivity contribution is 0.0391. The summed E-state index contributed by atoms with van der Waals surface area (Å²) in [6.07, 6.45) is 7.41. The molecule has 3 aromatic heterocycles. The molecule has 0 spiro atoms. The summed E-state index contributed by atoms with van der Waals surface area (Å²) in [6.45, 7) is 0. The predicted octanol–water partition coefficient (Wildman–Crippen LogP) is 5.32. The molecule has 5 rings (SSSR count). The molecule has 0 bridgehead atoms. The number of rotatable bonds is 6. The standard InChI is InChI=1S/C25H25FN4O3S/c1-30-14-16(13-27-30)15-7-8-21(17(26)11-15)33-23-12-20(28-19-9-10-34-24(19)23)25(31)29-18-5-3-4-6-22(18)32-2/h7-14,18,22H,3-6H2,1-2H3,(H,29,31)/t18-,22-/m0/s1. The fourth-order valence-electron chi connectivity index (χ4n) is 4.36. The third-order valence-corrected chi connectivity index (χ3v) is 7.04. The molecule has 4 aromatic rings. The van der Waals surface area contributed by atoms with Gasteiger partial charge in [0.05, 0.1) is 28.6 Å². The molecule has 1 aliphatic carbocycles. The van der Waals surface area contributed by atoms with Gasteiger partial charge in [-0.15, -0.1) is 11.3 Å². The number of amides is 1. The van der Waals surface area contributed by atoms with Crippen LogP contribution in [0.25, 0.3) is 21.3 Å². The van der Waals surface area contributed by atoms with Gasteiger partial charge in [0.15, 0.2) is 11.6 Å². The van der Waals surface area contributed by atoms with Crippen molar-refractivity contribution < 1.29 is 18.7 Å². The van der Waals surface area contributed by atoms with E-state index in [1.165, 1.54) is 17.4 Å². The number of carbonyl (C=O) groups is 1. The fraction of sp³-hybridized carbons (Fsp3) is 0.320. The molecule has 176 valence electrons. The smallest absolute Gasteiger partial charge is 0.270 e. The van der Waals surface area contributed by atoms with Crippen LogP contribution in [-0.4, -0.2) is 39.9 Å². The van der Waals surface area contributed by atoms with E-state index in [0.717, 1.165) is 35.9 Å². The van der Waals surface area contributed by atoms with Crippen molar-refractivity contribution in [3.63, 3.8) is 0 Å². The van der Waals surface area contributed by atoms with Gasteiger partial charge in [-0.05, 0) is 42.0 Å². The highest BCUT2D eigenvalue weighted by atomic mass is 32.1. The Bertz CT molecular complexity index is 1330. The summed E-state index contributed by atoms with van der Waals surface area (Å²) in [4.78, 5) is 17.6. The van der Waals surface area contributed by atoms with Gasteiger partial charge in [0.25, 0.3) is 5.91 Å². The SMILES string of the molecule is CO[C@H]1CCCC[C@@H]1NC(=O)c1cc(Oc2ccc(-c3cnn(C)c3)cc2F)c2sccc2n1. The second-order valence-corrected chi connectivity index (χ2v) is 9.35. The second kappa shape index (κ2) is 9.52. The number of aromatic nitrogens is 3. The number of hydrogen-bond donors (Lipinski definition) is 1. The van der Waals surface area contributed by atoms with Crippen LogP contribution in [0.1, 0.15) is 36.2 Å². The predicted molar refractivity (Wildman–Crippen MR) is 129 cm³/mol. The van der Waals surface area contributed by atoms with Gasteiger partial charge in [-0.2, -0.15) is 5.10 Å². The van der Waals surface area contributed by atoms with Gasteiger partial charge in [0.2, 0.25) is 0 Å². The number of fused-ring (bicyclic) bond motifs is 1. The number of methoxy groups -OCH3 is 1. The zero-order valence-electron chi connectivity index (χ0n) is 19.0. The molecule has 1 N–H and O–H groups in total. The normalized spacial score (nSPS) is 18.2. The zero-order chi connectivity index (χ0) is 23.7. The quantitative estimate of drug-likeness (QED) is 0.404. The van der Waals surface area contributed by atoms with Gasteiger partial charge in [-0.1, -0.05) is 18.9 Å². The Morgan fingerprint density at radius 3 is 2.79 bits per heavy atom. The summed E-state index contributed by atoms with van der Waals surface area (Å²) >= 11 is 1.43. The van der Waals surface area contributed by atoms with E-state index in [1.54, 1.807) is 36.2 Å². The maximum absolute atomic E-state index is 14.9. The number of aryl methyl sites for hydroxylation is 1. The van der Waals surface area contributed by atoms with Crippen molar-refractivity contribution in [2.75, 3.05) is 7.11 Å². The van der Waals surface area contributed by atoms with Crippen LogP contribution in [0.2, 0.25) is 0 Å². The highest BCUT2D eigenvalue weighted by molar-refractivity contribution is 7.17. The maximum atomic E-state index is 14.9. The van der Waals surface area contributed by atoms with E-state index >= 15 is 0 Å². The molecular formula is C25H25FN4O3S. The fourth-order valence-corrected chi connectivity index (χ4v) is 5.14. The van der Waals surface area contributed by atoms with E-state index in [-0.39, 0.29) is 29.5 Å². The number of benzene rings is 1. The van der Waals surface area contributed by atoms with Gasteiger partial charge in [0, 0.05) is 32.0 Å². The second-order valence-electron chi connectivity index (χ2n) is 8.43. The molecule has 0 aliphatic heterocycles. The maximum Gasteiger partial charge on any atom is 0.270 e. The van der Waals surface area contributed by atoms with Gasteiger partial charge in [-0.3, -0.25) is 9.48 Å². The molecule has 2 atom stereocenters. The molecular weight excluding hydrogens is 455 g/mol. The van der Waals surface area contributed by atoms with E-state index in [1.807, 2.05) is 24.7 Å². The Morgan fingerprint density at radius 1 is 1.18 bits per heavy atom. The molecule has 1 aliphatic rings. The lowest BCUT2D eigenvalue weighted by atomic mass is 9.92. The first-order valence-electron chi connectivity index (χ1n) is 11.2. The van der Waals surface area contributed by atoms with Crippen LogP contribution in [0.15, 0.2) is 48.1 Å². The number of halogens is 1. The van der Waals surface area contributed by atoms with Crippen LogP contribution < -0.4 is 10.1 Å². The topological polar surface area (TPSA) is 78.3 Å². The van der Waals surface area contributed by atoms with Crippen molar-refractivity contribution in [3.8, 4) is 22.6 Å². The lowest BCUT2D eigenvalue weighted by Crippen LogP contribution is -2.46. The number of nitrogens with one attached hydrogen (secondary N) is 1. The highest BCUT2D eigenvalue weighted by Crippen LogP contribution is 2.36. The molecule has 9 heteroatoms. The average molecular weight is 481 g/mol. The van der Waals surface area contributed by atoms with Crippen molar-refractivity contribution in [1.29, 1.82) is 0 Å². The minimum absolute atomic E-state index is 0.00859. The molecule has 0 unspecified atom stereocenters. The highest BCUT2D eigenvalue weighted by Gasteiger charge is 2.27. The number of ether oxygens (including phenoxy) is 2. The first-order valence-corrected chi connectivity index (χ1v) is 12.1. The summed E-state index contributed by atoms with van der Waals surface area (Å²) in [7, 11) is 3.48. The van der Waals surface area contributed by atoms with Crippen LogP contribution in [0.4, 0.5) is 4.39 Å². The Balaban J connectivity index is 1.41. The van der Waals surface area contributed by atoms with Crippen molar-refractivity contribution in [2.24, 2.45) is 7.05 Å². The van der Waals surface area contributed by atoms with Gasteiger partial charge in [0.1, 0.15) is 11.4 Å². The van der Waals surface area contributed by atoms with E-state index in [0.29, 0.717) is 16.8 Å².